The smallest absolute Gasteiger partial charge is 0.227 e. The number of ether oxygens (including phenoxy) is 1. The molecule has 0 amide bonds. The molecular weight excluding hydrogens is 238 g/mol. The molecule has 0 spiro atoms. The van der Waals surface area contributed by atoms with E-state index in [9.17, 15) is 0 Å². The number of rotatable bonds is 3. The quantitative estimate of drug-likeness (QED) is 0.916. The molecule has 2 rings (SSSR count). The molecule has 4 nitrogen and oxygen atoms in total. The summed E-state index contributed by atoms with van der Waals surface area (Å²) >= 11 is 0. The topological polar surface area (TPSA) is 61.0 Å². The summed E-state index contributed by atoms with van der Waals surface area (Å²) in [5.41, 5.74) is 8.96. The Morgan fingerprint density at radius 1 is 1.11 bits per heavy atom. The van der Waals surface area contributed by atoms with Gasteiger partial charge in [0.25, 0.3) is 0 Å². The average Bonchev–Trinajstić information content (AvgIpc) is 2.39. The minimum Gasteiger partial charge on any atom is -0.438 e. The van der Waals surface area contributed by atoms with E-state index in [2.05, 4.69) is 23.0 Å². The van der Waals surface area contributed by atoms with Gasteiger partial charge in [-0.1, -0.05) is 19.1 Å². The third kappa shape index (κ3) is 2.67. The molecule has 100 valence electrons. The molecular formula is C15H19N3O. The third-order valence-electron chi connectivity index (χ3n) is 3.26. The number of benzene rings is 1. The van der Waals surface area contributed by atoms with Crippen molar-refractivity contribution in [1.29, 1.82) is 0 Å². The second-order valence-corrected chi connectivity index (χ2v) is 4.61. The van der Waals surface area contributed by atoms with Crippen LogP contribution in [-0.2, 0) is 6.42 Å². The lowest BCUT2D eigenvalue weighted by molar-refractivity contribution is 0.451. The highest BCUT2D eigenvalue weighted by Gasteiger charge is 2.11. The number of aryl methyl sites for hydroxylation is 2. The highest BCUT2D eigenvalue weighted by molar-refractivity contribution is 5.47. The minimum atomic E-state index is 0.479. The average molecular weight is 257 g/mol. The lowest BCUT2D eigenvalue weighted by atomic mass is 10.1. The van der Waals surface area contributed by atoms with Crippen LogP contribution in [0.5, 0.6) is 11.6 Å². The Morgan fingerprint density at radius 3 is 2.53 bits per heavy atom. The Balaban J connectivity index is 2.43. The summed E-state index contributed by atoms with van der Waals surface area (Å²) in [7, 11) is 0. The monoisotopic (exact) mass is 257 g/mol. The molecule has 0 unspecified atom stereocenters. The zero-order valence-corrected chi connectivity index (χ0v) is 11.8. The number of nitrogens with zero attached hydrogens (tertiary/aromatic N) is 2. The van der Waals surface area contributed by atoms with E-state index in [0.717, 1.165) is 23.3 Å². The van der Waals surface area contributed by atoms with Crippen molar-refractivity contribution in [2.75, 3.05) is 5.73 Å². The molecule has 0 aliphatic heterocycles. The van der Waals surface area contributed by atoms with Gasteiger partial charge in [0.1, 0.15) is 17.4 Å². The number of anilines is 1. The molecule has 2 N–H and O–H groups in total. The molecule has 0 atom stereocenters. The largest absolute Gasteiger partial charge is 0.438 e. The fourth-order valence-electron chi connectivity index (χ4n) is 1.75. The molecule has 4 heteroatoms. The van der Waals surface area contributed by atoms with Gasteiger partial charge in [-0.3, -0.25) is 0 Å². The maximum absolute atomic E-state index is 5.91. The fourth-order valence-corrected chi connectivity index (χ4v) is 1.75. The standard InChI is InChI=1S/C15H19N3O/c1-5-13-17-14(16)11(4)15(18-13)19-12-8-6-7-9(2)10(12)3/h6-8H,5H2,1-4H3,(H2,16,17,18). The zero-order chi connectivity index (χ0) is 14.0. The number of nitrogen functional groups attached to an aromatic ring is 1. The molecule has 0 aliphatic rings. The number of hydrogen-bond donors (Lipinski definition) is 1. The summed E-state index contributed by atoms with van der Waals surface area (Å²) in [6.07, 6.45) is 0.730. The first-order valence-electron chi connectivity index (χ1n) is 6.40. The van der Waals surface area contributed by atoms with Crippen molar-refractivity contribution < 1.29 is 4.74 Å². The molecule has 0 radical (unpaired) electrons. The van der Waals surface area contributed by atoms with E-state index in [4.69, 9.17) is 10.5 Å². The van der Waals surface area contributed by atoms with E-state index in [1.165, 1.54) is 5.56 Å². The Kier molecular flexibility index (Phi) is 3.69. The predicted octanol–water partition coefficient (Wildman–Crippen LogP) is 3.34. The number of aromatic nitrogens is 2. The van der Waals surface area contributed by atoms with Crippen LogP contribution >= 0.6 is 0 Å². The van der Waals surface area contributed by atoms with Gasteiger partial charge in [-0.05, 0) is 38.0 Å². The van der Waals surface area contributed by atoms with Crippen LogP contribution in [-0.4, -0.2) is 9.97 Å². The van der Waals surface area contributed by atoms with Crippen LogP contribution in [0, 0.1) is 20.8 Å². The van der Waals surface area contributed by atoms with E-state index in [0.29, 0.717) is 17.5 Å². The SMILES string of the molecule is CCc1nc(N)c(C)c(Oc2cccc(C)c2C)n1. The molecule has 1 aromatic carbocycles. The lowest BCUT2D eigenvalue weighted by Gasteiger charge is -2.13. The summed E-state index contributed by atoms with van der Waals surface area (Å²) in [5.74, 6) is 2.52. The van der Waals surface area contributed by atoms with E-state index in [1.807, 2.05) is 32.9 Å². The molecule has 19 heavy (non-hydrogen) atoms. The fraction of sp³-hybridized carbons (Fsp3) is 0.333. The molecule has 1 aromatic heterocycles. The normalized spacial score (nSPS) is 10.5. The summed E-state index contributed by atoms with van der Waals surface area (Å²) in [4.78, 5) is 8.62. The van der Waals surface area contributed by atoms with Crippen molar-refractivity contribution in [1.82, 2.24) is 9.97 Å². The van der Waals surface area contributed by atoms with Crippen molar-refractivity contribution in [3.63, 3.8) is 0 Å². The Morgan fingerprint density at radius 2 is 1.84 bits per heavy atom. The maximum Gasteiger partial charge on any atom is 0.227 e. The predicted molar refractivity (Wildman–Crippen MR) is 76.5 cm³/mol. The number of nitrogens with two attached hydrogens (primary N) is 1. The van der Waals surface area contributed by atoms with Gasteiger partial charge in [-0.25, -0.2) is 4.98 Å². The van der Waals surface area contributed by atoms with Crippen LogP contribution in [0.3, 0.4) is 0 Å². The Labute approximate surface area is 113 Å². The highest BCUT2D eigenvalue weighted by Crippen LogP contribution is 2.29. The van der Waals surface area contributed by atoms with Gasteiger partial charge in [0.05, 0.1) is 5.56 Å². The van der Waals surface area contributed by atoms with Gasteiger partial charge in [-0.15, -0.1) is 0 Å². The first kappa shape index (κ1) is 13.3. The summed E-state index contributed by atoms with van der Waals surface area (Å²) in [6, 6.07) is 5.96. The molecule has 0 aliphatic carbocycles. The molecule has 2 aromatic rings. The molecule has 0 bridgehead atoms. The van der Waals surface area contributed by atoms with Crippen LogP contribution in [0.1, 0.15) is 29.4 Å². The Bertz CT molecular complexity index is 609. The van der Waals surface area contributed by atoms with E-state index >= 15 is 0 Å². The second-order valence-electron chi connectivity index (χ2n) is 4.61. The molecule has 1 heterocycles. The van der Waals surface area contributed by atoms with E-state index < -0.39 is 0 Å². The van der Waals surface area contributed by atoms with Crippen molar-refractivity contribution >= 4 is 5.82 Å². The zero-order valence-electron chi connectivity index (χ0n) is 11.8. The van der Waals surface area contributed by atoms with Gasteiger partial charge in [0, 0.05) is 6.42 Å². The summed E-state index contributed by atoms with van der Waals surface area (Å²) in [6.45, 7) is 7.95. The van der Waals surface area contributed by atoms with E-state index in [-0.39, 0.29) is 0 Å². The molecule has 0 saturated heterocycles. The Hall–Kier alpha value is -2.10. The maximum atomic E-state index is 5.91. The summed E-state index contributed by atoms with van der Waals surface area (Å²) < 4.78 is 5.91. The summed E-state index contributed by atoms with van der Waals surface area (Å²) in [5, 5.41) is 0. The van der Waals surface area contributed by atoms with Gasteiger partial charge >= 0.3 is 0 Å². The van der Waals surface area contributed by atoms with Crippen LogP contribution in [0.4, 0.5) is 5.82 Å². The van der Waals surface area contributed by atoms with Crippen molar-refractivity contribution in [2.24, 2.45) is 0 Å². The first-order valence-corrected chi connectivity index (χ1v) is 6.40. The highest BCUT2D eigenvalue weighted by atomic mass is 16.5. The van der Waals surface area contributed by atoms with Crippen LogP contribution in [0.25, 0.3) is 0 Å². The number of hydrogen-bond acceptors (Lipinski definition) is 4. The van der Waals surface area contributed by atoms with Gasteiger partial charge in [0.15, 0.2) is 0 Å². The van der Waals surface area contributed by atoms with Crippen LogP contribution in [0.2, 0.25) is 0 Å². The van der Waals surface area contributed by atoms with Crippen LogP contribution in [0.15, 0.2) is 18.2 Å². The van der Waals surface area contributed by atoms with Crippen molar-refractivity contribution in [3.05, 3.63) is 40.7 Å². The first-order chi connectivity index (χ1) is 9.02. The van der Waals surface area contributed by atoms with Crippen molar-refractivity contribution in [3.8, 4) is 11.6 Å². The van der Waals surface area contributed by atoms with Gasteiger partial charge in [0.2, 0.25) is 5.88 Å². The second kappa shape index (κ2) is 5.26. The van der Waals surface area contributed by atoms with Crippen molar-refractivity contribution in [2.45, 2.75) is 34.1 Å². The third-order valence-corrected chi connectivity index (χ3v) is 3.26. The molecule has 0 saturated carbocycles. The van der Waals surface area contributed by atoms with E-state index in [1.54, 1.807) is 0 Å². The lowest BCUT2D eigenvalue weighted by Crippen LogP contribution is -2.04. The van der Waals surface area contributed by atoms with Crippen LogP contribution < -0.4 is 10.5 Å². The van der Waals surface area contributed by atoms with Gasteiger partial charge in [-0.2, -0.15) is 4.98 Å². The van der Waals surface area contributed by atoms with Gasteiger partial charge < -0.3 is 10.5 Å². The molecule has 0 fully saturated rings. The minimum absolute atomic E-state index is 0.479.